The standard InChI is InChI=1S/C13H26N2S/c1-2-3-13(12-4-5-12)14-6-7-15-8-10-16-11-9-15/h12-14H,2-11H2,1H3. The molecule has 1 aliphatic heterocycles. The molecule has 2 aliphatic rings. The fourth-order valence-electron chi connectivity index (χ4n) is 2.55. The predicted molar refractivity (Wildman–Crippen MR) is 73.2 cm³/mol. The van der Waals surface area contributed by atoms with Crippen molar-refractivity contribution < 1.29 is 0 Å². The first-order chi connectivity index (χ1) is 7.90. The van der Waals surface area contributed by atoms with Crippen LogP contribution in [0, 0.1) is 5.92 Å². The maximum absolute atomic E-state index is 3.78. The highest BCUT2D eigenvalue weighted by molar-refractivity contribution is 7.99. The lowest BCUT2D eigenvalue weighted by atomic mass is 10.1. The van der Waals surface area contributed by atoms with Crippen molar-refractivity contribution in [2.45, 2.75) is 38.6 Å². The largest absolute Gasteiger partial charge is 0.312 e. The van der Waals surface area contributed by atoms with E-state index in [2.05, 4.69) is 28.9 Å². The molecular formula is C13H26N2S. The van der Waals surface area contributed by atoms with Crippen molar-refractivity contribution in [1.29, 1.82) is 0 Å². The van der Waals surface area contributed by atoms with Crippen molar-refractivity contribution in [2.24, 2.45) is 5.92 Å². The predicted octanol–water partition coefficient (Wildman–Crippen LogP) is 2.20. The highest BCUT2D eigenvalue weighted by Gasteiger charge is 2.29. The van der Waals surface area contributed by atoms with Crippen LogP contribution in [0.1, 0.15) is 32.6 Å². The first-order valence-electron chi connectivity index (χ1n) is 6.93. The van der Waals surface area contributed by atoms with Gasteiger partial charge in [0.1, 0.15) is 0 Å². The van der Waals surface area contributed by atoms with E-state index in [1.807, 2.05) is 0 Å². The van der Waals surface area contributed by atoms with Gasteiger partial charge in [0.2, 0.25) is 0 Å². The van der Waals surface area contributed by atoms with Gasteiger partial charge < -0.3 is 10.2 Å². The van der Waals surface area contributed by atoms with Gasteiger partial charge in [0.15, 0.2) is 0 Å². The molecule has 1 unspecified atom stereocenters. The van der Waals surface area contributed by atoms with E-state index in [1.54, 1.807) is 0 Å². The molecule has 1 N–H and O–H groups in total. The Hall–Kier alpha value is 0.270. The van der Waals surface area contributed by atoms with Gasteiger partial charge in [-0.2, -0.15) is 11.8 Å². The van der Waals surface area contributed by atoms with Crippen LogP contribution < -0.4 is 5.32 Å². The Bertz CT molecular complexity index is 188. The smallest absolute Gasteiger partial charge is 0.0108 e. The molecule has 94 valence electrons. The van der Waals surface area contributed by atoms with E-state index in [0.717, 1.165) is 12.0 Å². The summed E-state index contributed by atoms with van der Waals surface area (Å²) in [6.45, 7) is 7.36. The summed E-state index contributed by atoms with van der Waals surface area (Å²) in [5.74, 6) is 3.68. The third-order valence-electron chi connectivity index (χ3n) is 3.73. The van der Waals surface area contributed by atoms with Gasteiger partial charge in [0.25, 0.3) is 0 Å². The van der Waals surface area contributed by atoms with E-state index >= 15 is 0 Å². The third-order valence-corrected chi connectivity index (χ3v) is 4.67. The molecule has 0 aromatic carbocycles. The summed E-state index contributed by atoms with van der Waals surface area (Å²) >= 11 is 2.10. The lowest BCUT2D eigenvalue weighted by Crippen LogP contribution is -2.41. The van der Waals surface area contributed by atoms with Crippen molar-refractivity contribution in [1.82, 2.24) is 10.2 Å². The van der Waals surface area contributed by atoms with E-state index in [4.69, 9.17) is 0 Å². The normalized spacial score (nSPS) is 24.6. The van der Waals surface area contributed by atoms with Crippen LogP contribution >= 0.6 is 11.8 Å². The van der Waals surface area contributed by atoms with E-state index < -0.39 is 0 Å². The lowest BCUT2D eigenvalue weighted by Gasteiger charge is -2.27. The highest BCUT2D eigenvalue weighted by atomic mass is 32.2. The zero-order valence-electron chi connectivity index (χ0n) is 10.6. The lowest BCUT2D eigenvalue weighted by molar-refractivity contribution is 0.289. The van der Waals surface area contributed by atoms with Crippen molar-refractivity contribution in [3.05, 3.63) is 0 Å². The van der Waals surface area contributed by atoms with E-state index in [1.165, 1.54) is 63.4 Å². The van der Waals surface area contributed by atoms with Gasteiger partial charge in [-0.25, -0.2) is 0 Å². The number of thioether (sulfide) groups is 1. The van der Waals surface area contributed by atoms with E-state index in [0.29, 0.717) is 0 Å². The SMILES string of the molecule is CCCC(NCCN1CCSCC1)C1CC1. The van der Waals surface area contributed by atoms with Gasteiger partial charge in [0, 0.05) is 43.7 Å². The van der Waals surface area contributed by atoms with E-state index in [-0.39, 0.29) is 0 Å². The van der Waals surface area contributed by atoms with Gasteiger partial charge in [-0.3, -0.25) is 0 Å². The molecule has 2 nitrogen and oxygen atoms in total. The summed E-state index contributed by atoms with van der Waals surface area (Å²) in [4.78, 5) is 2.61. The monoisotopic (exact) mass is 242 g/mol. The summed E-state index contributed by atoms with van der Waals surface area (Å²) in [5.41, 5.74) is 0. The van der Waals surface area contributed by atoms with Gasteiger partial charge in [0.05, 0.1) is 0 Å². The molecule has 1 aliphatic carbocycles. The second kappa shape index (κ2) is 6.87. The van der Waals surface area contributed by atoms with Gasteiger partial charge in [-0.15, -0.1) is 0 Å². The summed E-state index contributed by atoms with van der Waals surface area (Å²) in [6.07, 6.45) is 5.64. The molecule has 0 spiro atoms. The fraction of sp³-hybridized carbons (Fsp3) is 1.00. The number of nitrogens with one attached hydrogen (secondary N) is 1. The quantitative estimate of drug-likeness (QED) is 0.737. The van der Waals surface area contributed by atoms with Crippen LogP contribution in [0.25, 0.3) is 0 Å². The molecule has 2 fully saturated rings. The second-order valence-corrected chi connectivity index (χ2v) is 6.37. The van der Waals surface area contributed by atoms with Crippen molar-refractivity contribution in [3.63, 3.8) is 0 Å². The average molecular weight is 242 g/mol. The third kappa shape index (κ3) is 4.27. The van der Waals surface area contributed by atoms with E-state index in [9.17, 15) is 0 Å². The number of nitrogens with zero attached hydrogens (tertiary/aromatic N) is 1. The maximum atomic E-state index is 3.78. The van der Waals surface area contributed by atoms with Crippen molar-refractivity contribution in [2.75, 3.05) is 37.7 Å². The van der Waals surface area contributed by atoms with Crippen LogP contribution in [0.5, 0.6) is 0 Å². The van der Waals surface area contributed by atoms with Crippen LogP contribution in [0.4, 0.5) is 0 Å². The molecule has 1 saturated heterocycles. The summed E-state index contributed by atoms with van der Waals surface area (Å²) in [7, 11) is 0. The van der Waals surface area contributed by atoms with Crippen LogP contribution in [-0.4, -0.2) is 48.6 Å². The van der Waals surface area contributed by atoms with Crippen LogP contribution in [0.15, 0.2) is 0 Å². The summed E-state index contributed by atoms with van der Waals surface area (Å²) in [5, 5.41) is 3.78. The van der Waals surface area contributed by atoms with Crippen molar-refractivity contribution >= 4 is 11.8 Å². The molecule has 0 amide bonds. The van der Waals surface area contributed by atoms with Crippen LogP contribution in [0.2, 0.25) is 0 Å². The molecule has 1 atom stereocenters. The van der Waals surface area contributed by atoms with Gasteiger partial charge >= 0.3 is 0 Å². The molecule has 0 aromatic rings. The Balaban J connectivity index is 1.57. The minimum absolute atomic E-state index is 0.823. The van der Waals surface area contributed by atoms with Crippen molar-refractivity contribution in [3.8, 4) is 0 Å². The maximum Gasteiger partial charge on any atom is 0.0108 e. The molecule has 1 heterocycles. The minimum Gasteiger partial charge on any atom is -0.312 e. The molecule has 0 radical (unpaired) electrons. The molecule has 0 aromatic heterocycles. The average Bonchev–Trinajstić information content (AvgIpc) is 3.13. The zero-order valence-corrected chi connectivity index (χ0v) is 11.4. The molecule has 2 rings (SSSR count). The highest BCUT2D eigenvalue weighted by Crippen LogP contribution is 2.34. The van der Waals surface area contributed by atoms with Crippen LogP contribution in [0.3, 0.4) is 0 Å². The van der Waals surface area contributed by atoms with Gasteiger partial charge in [-0.1, -0.05) is 13.3 Å². The Labute approximate surface area is 105 Å². The first kappa shape index (κ1) is 12.7. The Morgan fingerprint density at radius 2 is 2.06 bits per heavy atom. The summed E-state index contributed by atoms with van der Waals surface area (Å²) < 4.78 is 0. The van der Waals surface area contributed by atoms with Gasteiger partial charge in [-0.05, 0) is 25.2 Å². The Kier molecular flexibility index (Phi) is 5.46. The first-order valence-corrected chi connectivity index (χ1v) is 8.09. The Morgan fingerprint density at radius 1 is 1.31 bits per heavy atom. The zero-order chi connectivity index (χ0) is 11.2. The number of rotatable bonds is 7. The topological polar surface area (TPSA) is 15.3 Å². The molecule has 16 heavy (non-hydrogen) atoms. The fourth-order valence-corrected chi connectivity index (χ4v) is 3.53. The second-order valence-electron chi connectivity index (χ2n) is 5.14. The number of hydrogen-bond acceptors (Lipinski definition) is 3. The Morgan fingerprint density at radius 3 is 2.69 bits per heavy atom. The molecule has 3 heteroatoms. The molecule has 1 saturated carbocycles. The number of hydrogen-bond donors (Lipinski definition) is 1. The minimum atomic E-state index is 0.823. The summed E-state index contributed by atoms with van der Waals surface area (Å²) in [6, 6.07) is 0.823. The van der Waals surface area contributed by atoms with Crippen LogP contribution in [-0.2, 0) is 0 Å². The molecular weight excluding hydrogens is 216 g/mol. The molecule has 0 bridgehead atoms.